The van der Waals surface area contributed by atoms with Gasteiger partial charge in [-0.05, 0) is 64.7 Å². The molecule has 0 atom stereocenters. The number of aryl methyl sites for hydroxylation is 1. The smallest absolute Gasteiger partial charge is 0.269 e. The Morgan fingerprint density at radius 1 is 1.11 bits per heavy atom. The van der Waals surface area contributed by atoms with Crippen LogP contribution in [0.3, 0.4) is 0 Å². The predicted octanol–water partition coefficient (Wildman–Crippen LogP) is 4.31. The van der Waals surface area contributed by atoms with Gasteiger partial charge in [-0.15, -0.1) is 0 Å². The minimum absolute atomic E-state index is 0.260. The Labute approximate surface area is 210 Å². The number of anilines is 3. The summed E-state index contributed by atoms with van der Waals surface area (Å²) in [5.74, 6) is 1.57. The highest BCUT2D eigenvalue weighted by molar-refractivity contribution is 5.99. The third-order valence-corrected chi connectivity index (χ3v) is 6.23. The maximum absolute atomic E-state index is 12.3. The topological polar surface area (TPSA) is 129 Å². The van der Waals surface area contributed by atoms with Crippen LogP contribution < -0.4 is 16.4 Å². The highest BCUT2D eigenvalue weighted by atomic mass is 16.1. The van der Waals surface area contributed by atoms with Crippen LogP contribution in [0.4, 0.5) is 17.5 Å². The van der Waals surface area contributed by atoms with Gasteiger partial charge in [-0.2, -0.15) is 5.10 Å². The number of hydrogen-bond acceptors (Lipinski definition) is 7. The molecule has 1 aromatic carbocycles. The number of rotatable bonds is 7. The molecule has 0 aliphatic heterocycles. The van der Waals surface area contributed by atoms with Crippen molar-refractivity contribution in [2.45, 2.75) is 59.0 Å². The molecule has 1 aliphatic rings. The maximum atomic E-state index is 12.3. The first kappa shape index (κ1) is 23.5. The number of nitrogens with two attached hydrogens (primary N) is 1. The van der Waals surface area contributed by atoms with Crippen molar-refractivity contribution in [2.75, 3.05) is 10.6 Å². The summed E-state index contributed by atoms with van der Waals surface area (Å²) in [6.45, 7) is 10.1. The van der Waals surface area contributed by atoms with Crippen molar-refractivity contribution in [3.8, 4) is 16.9 Å². The van der Waals surface area contributed by atoms with E-state index >= 15 is 0 Å². The predicted molar refractivity (Wildman–Crippen MR) is 140 cm³/mol. The zero-order valence-corrected chi connectivity index (χ0v) is 21.2. The Bertz CT molecular complexity index is 1440. The van der Waals surface area contributed by atoms with Crippen LogP contribution in [-0.2, 0) is 5.54 Å². The van der Waals surface area contributed by atoms with Gasteiger partial charge in [0.05, 0.1) is 5.54 Å². The lowest BCUT2D eigenvalue weighted by Crippen LogP contribution is -2.25. The number of carbonyl (C=O) groups excluding carboxylic acids is 1. The van der Waals surface area contributed by atoms with Crippen molar-refractivity contribution < 1.29 is 4.79 Å². The first-order valence-electron chi connectivity index (χ1n) is 12.0. The zero-order valence-electron chi connectivity index (χ0n) is 21.2. The highest BCUT2D eigenvalue weighted by Gasteiger charge is 2.26. The molecule has 10 nitrogen and oxygen atoms in total. The van der Waals surface area contributed by atoms with Crippen molar-refractivity contribution in [1.29, 1.82) is 0 Å². The van der Waals surface area contributed by atoms with Crippen LogP contribution in [0, 0.1) is 13.8 Å². The van der Waals surface area contributed by atoms with Crippen LogP contribution in [0.2, 0.25) is 0 Å². The molecule has 5 rings (SSSR count). The summed E-state index contributed by atoms with van der Waals surface area (Å²) >= 11 is 0. The largest absolute Gasteiger partial charge is 0.367 e. The molecule has 36 heavy (non-hydrogen) atoms. The first-order valence-corrected chi connectivity index (χ1v) is 12.0. The molecule has 0 saturated heterocycles. The van der Waals surface area contributed by atoms with E-state index < -0.39 is 5.91 Å². The van der Waals surface area contributed by atoms with Crippen LogP contribution in [-0.4, -0.2) is 41.2 Å². The molecule has 186 valence electrons. The SMILES string of the molecule is Cc1ccc(-c2c(C(N)=O)nn(C(C)(C)C)c2C)cc1Nc1nccn1-c1cc(NC2CC2)ncn1. The summed E-state index contributed by atoms with van der Waals surface area (Å²) in [5.41, 5.74) is 10.0. The van der Waals surface area contributed by atoms with Gasteiger partial charge >= 0.3 is 0 Å². The molecule has 0 unspecified atom stereocenters. The molecule has 3 heterocycles. The lowest BCUT2D eigenvalue weighted by Gasteiger charge is -2.21. The monoisotopic (exact) mass is 485 g/mol. The second-order valence-electron chi connectivity index (χ2n) is 10.2. The van der Waals surface area contributed by atoms with E-state index in [1.54, 1.807) is 12.5 Å². The van der Waals surface area contributed by atoms with Crippen LogP contribution in [0.5, 0.6) is 0 Å². The standard InChI is InChI=1S/C26H31N9O/c1-15-6-7-17(22-16(2)35(26(3,4)5)33-23(22)24(27)36)12-19(15)32-25-28-10-11-34(25)21-13-20(29-14-30-21)31-18-8-9-18/h6-7,10-14,18H,8-9H2,1-5H3,(H2,27,36)(H,28,32)(H,29,30,31). The fourth-order valence-corrected chi connectivity index (χ4v) is 4.28. The second kappa shape index (κ2) is 8.78. The van der Waals surface area contributed by atoms with E-state index in [2.05, 4.69) is 30.7 Å². The van der Waals surface area contributed by atoms with Gasteiger partial charge in [0.1, 0.15) is 18.0 Å². The summed E-state index contributed by atoms with van der Waals surface area (Å²) in [4.78, 5) is 25.6. The fraction of sp³-hybridized carbons (Fsp3) is 0.346. The number of benzene rings is 1. The Kier molecular flexibility index (Phi) is 5.74. The average molecular weight is 486 g/mol. The third kappa shape index (κ3) is 4.53. The van der Waals surface area contributed by atoms with Gasteiger partial charge in [-0.1, -0.05) is 12.1 Å². The molecule has 1 aliphatic carbocycles. The van der Waals surface area contributed by atoms with Crippen LogP contribution in [0.15, 0.2) is 43.0 Å². The number of aromatic nitrogens is 6. The number of carbonyl (C=O) groups is 1. The van der Waals surface area contributed by atoms with E-state index in [1.807, 2.05) is 74.3 Å². The summed E-state index contributed by atoms with van der Waals surface area (Å²) in [6.07, 6.45) is 7.46. The minimum atomic E-state index is -0.555. The van der Waals surface area contributed by atoms with Gasteiger partial charge in [-0.3, -0.25) is 14.0 Å². The van der Waals surface area contributed by atoms with Gasteiger partial charge in [0.15, 0.2) is 5.69 Å². The van der Waals surface area contributed by atoms with Crippen molar-refractivity contribution in [2.24, 2.45) is 5.73 Å². The Morgan fingerprint density at radius 3 is 2.58 bits per heavy atom. The van der Waals surface area contributed by atoms with Crippen LogP contribution in [0.1, 0.15) is 55.4 Å². The molecule has 1 amide bonds. The van der Waals surface area contributed by atoms with Gasteiger partial charge in [0.2, 0.25) is 5.95 Å². The van der Waals surface area contributed by atoms with Crippen molar-refractivity contribution in [3.63, 3.8) is 0 Å². The van der Waals surface area contributed by atoms with Crippen molar-refractivity contribution in [1.82, 2.24) is 29.3 Å². The van der Waals surface area contributed by atoms with E-state index in [-0.39, 0.29) is 11.2 Å². The Balaban J connectivity index is 1.51. The van der Waals surface area contributed by atoms with Gasteiger partial charge in [-0.25, -0.2) is 15.0 Å². The lowest BCUT2D eigenvalue weighted by molar-refractivity contribution is 0.0994. The molecular formula is C26H31N9O. The molecule has 4 N–H and O–H groups in total. The highest BCUT2D eigenvalue weighted by Crippen LogP contribution is 2.34. The zero-order chi connectivity index (χ0) is 25.6. The molecule has 0 spiro atoms. The van der Waals surface area contributed by atoms with Crippen LogP contribution >= 0.6 is 0 Å². The average Bonchev–Trinajstić information content (AvgIpc) is 3.37. The fourth-order valence-electron chi connectivity index (χ4n) is 4.28. The molecule has 3 aromatic heterocycles. The number of imidazole rings is 1. The van der Waals surface area contributed by atoms with E-state index in [9.17, 15) is 4.79 Å². The number of primary amides is 1. The van der Waals surface area contributed by atoms with Gasteiger partial charge in [0.25, 0.3) is 5.91 Å². The molecule has 0 bridgehead atoms. The number of nitrogens with one attached hydrogen (secondary N) is 2. The summed E-state index contributed by atoms with van der Waals surface area (Å²) < 4.78 is 3.73. The van der Waals surface area contributed by atoms with Gasteiger partial charge < -0.3 is 16.4 Å². The van der Waals surface area contributed by atoms with E-state index in [0.29, 0.717) is 17.8 Å². The Hall–Kier alpha value is -4.21. The third-order valence-electron chi connectivity index (χ3n) is 6.23. The number of amides is 1. The van der Waals surface area contributed by atoms with Gasteiger partial charge in [0, 0.05) is 41.4 Å². The first-order chi connectivity index (χ1) is 17.1. The normalized spacial score (nSPS) is 13.6. The molecule has 4 aromatic rings. The lowest BCUT2D eigenvalue weighted by atomic mass is 9.99. The minimum Gasteiger partial charge on any atom is -0.367 e. The van der Waals surface area contributed by atoms with E-state index in [4.69, 9.17) is 5.73 Å². The van der Waals surface area contributed by atoms with Crippen molar-refractivity contribution >= 4 is 23.4 Å². The quantitative estimate of drug-likeness (QED) is 0.356. The van der Waals surface area contributed by atoms with E-state index in [1.165, 1.54) is 12.8 Å². The molecule has 10 heteroatoms. The molecule has 1 saturated carbocycles. The summed E-state index contributed by atoms with van der Waals surface area (Å²) in [6, 6.07) is 8.40. The maximum Gasteiger partial charge on any atom is 0.269 e. The van der Waals surface area contributed by atoms with E-state index in [0.717, 1.165) is 33.9 Å². The van der Waals surface area contributed by atoms with Crippen LogP contribution in [0.25, 0.3) is 16.9 Å². The number of nitrogens with zero attached hydrogens (tertiary/aromatic N) is 6. The van der Waals surface area contributed by atoms with Crippen molar-refractivity contribution in [3.05, 3.63) is 59.9 Å². The molecule has 1 fully saturated rings. The molecule has 0 radical (unpaired) electrons. The summed E-state index contributed by atoms with van der Waals surface area (Å²) in [5, 5.41) is 11.4. The summed E-state index contributed by atoms with van der Waals surface area (Å²) in [7, 11) is 0. The number of hydrogen-bond donors (Lipinski definition) is 3. The Morgan fingerprint density at radius 2 is 1.89 bits per heavy atom. The molecular weight excluding hydrogens is 454 g/mol. The second-order valence-corrected chi connectivity index (χ2v) is 10.2.